The molecule has 1 atom stereocenters. The van der Waals surface area contributed by atoms with Gasteiger partial charge in [0.05, 0.1) is 13.2 Å². The van der Waals surface area contributed by atoms with Gasteiger partial charge >= 0.3 is 6.03 Å². The minimum atomic E-state index is -0.228. The summed E-state index contributed by atoms with van der Waals surface area (Å²) < 4.78 is 5.15. The number of hydrogen-bond donors (Lipinski definition) is 2. The first-order valence-corrected chi connectivity index (χ1v) is 7.23. The maximum atomic E-state index is 11.9. The van der Waals surface area contributed by atoms with E-state index in [0.29, 0.717) is 5.02 Å². The molecule has 4 nitrogen and oxygen atoms in total. The Balaban J connectivity index is 1.92. The highest BCUT2D eigenvalue weighted by atomic mass is 35.5. The molecule has 5 heteroatoms. The van der Waals surface area contributed by atoms with E-state index < -0.39 is 0 Å². The Hall–Kier alpha value is -2.46. The third-order valence-corrected chi connectivity index (χ3v) is 3.75. The number of nitrogens with one attached hydrogen (secondary N) is 2. The lowest BCUT2D eigenvalue weighted by atomic mass is 10.0. The normalized spacial score (nSPS) is 17.3. The van der Waals surface area contributed by atoms with Gasteiger partial charge in [0, 0.05) is 10.7 Å². The molecule has 1 aliphatic rings. The molecular formula is C17H15ClN2O2. The number of carbonyl (C=O) groups excluding carboxylic acids is 1. The molecule has 1 heterocycles. The fraction of sp³-hybridized carbons (Fsp3) is 0.118. The van der Waals surface area contributed by atoms with E-state index >= 15 is 0 Å². The van der Waals surface area contributed by atoms with Crippen LogP contribution in [0, 0.1) is 0 Å². The van der Waals surface area contributed by atoms with E-state index in [-0.39, 0.29) is 12.1 Å². The molecule has 112 valence electrons. The Bertz CT molecular complexity index is 708. The van der Waals surface area contributed by atoms with Crippen molar-refractivity contribution in [1.82, 2.24) is 10.6 Å². The number of rotatable bonds is 3. The van der Waals surface area contributed by atoms with Crippen LogP contribution in [0.1, 0.15) is 17.2 Å². The minimum absolute atomic E-state index is 0.190. The van der Waals surface area contributed by atoms with E-state index in [4.69, 9.17) is 16.3 Å². The molecule has 22 heavy (non-hydrogen) atoms. The lowest BCUT2D eigenvalue weighted by Gasteiger charge is -2.24. The third-order valence-electron chi connectivity index (χ3n) is 3.50. The predicted molar refractivity (Wildman–Crippen MR) is 86.8 cm³/mol. The SMILES string of the molecule is COc1ccc(C2C=C(c3ccc(Cl)cc3)NC(=O)N2)cc1. The second kappa shape index (κ2) is 6.12. The highest BCUT2D eigenvalue weighted by Crippen LogP contribution is 2.25. The van der Waals surface area contributed by atoms with E-state index in [0.717, 1.165) is 22.6 Å². The average molecular weight is 315 g/mol. The van der Waals surface area contributed by atoms with Crippen LogP contribution in [0.4, 0.5) is 4.79 Å². The Morgan fingerprint density at radius 2 is 1.73 bits per heavy atom. The van der Waals surface area contributed by atoms with Crippen LogP contribution in [0.3, 0.4) is 0 Å². The van der Waals surface area contributed by atoms with Crippen LogP contribution in [0.2, 0.25) is 5.02 Å². The van der Waals surface area contributed by atoms with Crippen LogP contribution >= 0.6 is 11.6 Å². The summed E-state index contributed by atoms with van der Waals surface area (Å²) in [5.74, 6) is 0.783. The summed E-state index contributed by atoms with van der Waals surface area (Å²) in [7, 11) is 1.62. The van der Waals surface area contributed by atoms with Gasteiger partial charge in [0.2, 0.25) is 0 Å². The van der Waals surface area contributed by atoms with Crippen molar-refractivity contribution in [2.75, 3.05) is 7.11 Å². The van der Waals surface area contributed by atoms with Gasteiger partial charge in [-0.1, -0.05) is 35.9 Å². The number of ether oxygens (including phenoxy) is 1. The van der Waals surface area contributed by atoms with Gasteiger partial charge in [-0.25, -0.2) is 4.79 Å². The largest absolute Gasteiger partial charge is 0.497 e. The molecule has 0 aromatic heterocycles. The molecule has 2 N–H and O–H groups in total. The zero-order valence-corrected chi connectivity index (χ0v) is 12.7. The van der Waals surface area contributed by atoms with Gasteiger partial charge in [-0.2, -0.15) is 0 Å². The zero-order chi connectivity index (χ0) is 15.5. The smallest absolute Gasteiger partial charge is 0.319 e. The first kappa shape index (κ1) is 14.5. The molecule has 2 aromatic carbocycles. The summed E-state index contributed by atoms with van der Waals surface area (Å²) in [4.78, 5) is 11.9. The number of benzene rings is 2. The number of amides is 2. The lowest BCUT2D eigenvalue weighted by molar-refractivity contribution is 0.241. The van der Waals surface area contributed by atoms with Crippen LogP contribution < -0.4 is 15.4 Å². The lowest BCUT2D eigenvalue weighted by Crippen LogP contribution is -2.40. The quantitative estimate of drug-likeness (QED) is 0.906. The molecule has 0 bridgehead atoms. The van der Waals surface area contributed by atoms with E-state index in [1.54, 1.807) is 19.2 Å². The van der Waals surface area contributed by atoms with Gasteiger partial charge < -0.3 is 15.4 Å². The van der Waals surface area contributed by atoms with Crippen molar-refractivity contribution in [2.24, 2.45) is 0 Å². The van der Waals surface area contributed by atoms with Crippen LogP contribution in [-0.4, -0.2) is 13.1 Å². The summed E-state index contributed by atoms with van der Waals surface area (Å²) >= 11 is 5.90. The van der Waals surface area contributed by atoms with Crippen molar-refractivity contribution >= 4 is 23.3 Å². The molecule has 1 unspecified atom stereocenters. The van der Waals surface area contributed by atoms with Crippen LogP contribution in [0.5, 0.6) is 5.75 Å². The van der Waals surface area contributed by atoms with Gasteiger partial charge in [0.25, 0.3) is 0 Å². The highest BCUT2D eigenvalue weighted by Gasteiger charge is 2.20. The summed E-state index contributed by atoms with van der Waals surface area (Å²) in [6.45, 7) is 0. The second-order valence-electron chi connectivity index (χ2n) is 4.94. The topological polar surface area (TPSA) is 50.4 Å². The fourth-order valence-corrected chi connectivity index (χ4v) is 2.46. The molecule has 0 aliphatic carbocycles. The van der Waals surface area contributed by atoms with Crippen molar-refractivity contribution in [1.29, 1.82) is 0 Å². The Morgan fingerprint density at radius 3 is 2.36 bits per heavy atom. The van der Waals surface area contributed by atoms with Crippen molar-refractivity contribution < 1.29 is 9.53 Å². The molecule has 2 aromatic rings. The number of urea groups is 1. The van der Waals surface area contributed by atoms with Crippen LogP contribution in [0.15, 0.2) is 54.6 Å². The second-order valence-corrected chi connectivity index (χ2v) is 5.37. The molecule has 2 amide bonds. The Morgan fingerprint density at radius 1 is 1.05 bits per heavy atom. The fourth-order valence-electron chi connectivity index (χ4n) is 2.34. The molecule has 1 aliphatic heterocycles. The molecule has 0 radical (unpaired) electrons. The van der Waals surface area contributed by atoms with E-state index in [1.165, 1.54) is 0 Å². The zero-order valence-electron chi connectivity index (χ0n) is 12.0. The van der Waals surface area contributed by atoms with E-state index in [1.807, 2.05) is 42.5 Å². The monoisotopic (exact) mass is 314 g/mol. The standard InChI is InChI=1S/C17H15ClN2O2/c1-22-14-8-4-12(5-9-14)16-10-15(19-17(21)20-16)11-2-6-13(18)7-3-11/h2-10,16H,1H3,(H2,19,20,21). The first-order chi connectivity index (χ1) is 10.7. The molecule has 3 rings (SSSR count). The highest BCUT2D eigenvalue weighted by molar-refractivity contribution is 6.30. The van der Waals surface area contributed by atoms with Gasteiger partial charge in [0.15, 0.2) is 0 Å². The minimum Gasteiger partial charge on any atom is -0.497 e. The van der Waals surface area contributed by atoms with Gasteiger partial charge in [0.1, 0.15) is 5.75 Å². The maximum absolute atomic E-state index is 11.9. The number of halogens is 1. The van der Waals surface area contributed by atoms with Crippen LogP contribution in [0.25, 0.3) is 5.70 Å². The summed E-state index contributed by atoms with van der Waals surface area (Å²) in [6, 6.07) is 14.6. The number of carbonyl (C=O) groups is 1. The molecule has 0 spiro atoms. The van der Waals surface area contributed by atoms with Crippen LogP contribution in [-0.2, 0) is 0 Å². The van der Waals surface area contributed by atoms with E-state index in [2.05, 4.69) is 10.6 Å². The number of hydrogen-bond acceptors (Lipinski definition) is 2. The molecule has 0 fully saturated rings. The number of methoxy groups -OCH3 is 1. The van der Waals surface area contributed by atoms with E-state index in [9.17, 15) is 4.79 Å². The van der Waals surface area contributed by atoms with Crippen molar-refractivity contribution in [3.8, 4) is 5.75 Å². The summed E-state index contributed by atoms with van der Waals surface area (Å²) in [5.41, 5.74) is 2.67. The van der Waals surface area contributed by atoms with Gasteiger partial charge in [-0.15, -0.1) is 0 Å². The maximum Gasteiger partial charge on any atom is 0.319 e. The third kappa shape index (κ3) is 3.07. The molecular weight excluding hydrogens is 300 g/mol. The Kier molecular flexibility index (Phi) is 4.02. The van der Waals surface area contributed by atoms with Crippen molar-refractivity contribution in [2.45, 2.75) is 6.04 Å². The van der Waals surface area contributed by atoms with Gasteiger partial charge in [-0.05, 0) is 41.5 Å². The molecule has 0 saturated heterocycles. The summed E-state index contributed by atoms with van der Waals surface area (Å²) in [6.07, 6.45) is 1.98. The van der Waals surface area contributed by atoms with Crippen molar-refractivity contribution in [3.05, 3.63) is 70.8 Å². The first-order valence-electron chi connectivity index (χ1n) is 6.85. The predicted octanol–water partition coefficient (Wildman–Crippen LogP) is 3.74. The summed E-state index contributed by atoms with van der Waals surface area (Å²) in [5, 5.41) is 6.37. The van der Waals surface area contributed by atoms with Crippen molar-refractivity contribution in [3.63, 3.8) is 0 Å². The average Bonchev–Trinajstić information content (AvgIpc) is 2.55. The Labute approximate surface area is 133 Å². The molecule has 0 saturated carbocycles. The van der Waals surface area contributed by atoms with Gasteiger partial charge in [-0.3, -0.25) is 0 Å².